The van der Waals surface area contributed by atoms with E-state index >= 15 is 0 Å². The molecule has 8 rings (SSSR count). The van der Waals surface area contributed by atoms with E-state index in [4.69, 9.17) is 18.6 Å². The van der Waals surface area contributed by atoms with Gasteiger partial charge < -0.3 is 0 Å². The molecule has 0 aromatic heterocycles. The molecule has 2 aliphatic rings. The first-order valence-corrected chi connectivity index (χ1v) is 23.1. The molecule has 1 radical (unpaired) electrons. The van der Waals surface area contributed by atoms with Gasteiger partial charge in [-0.3, -0.25) is 0 Å². The maximum atomic E-state index is 8.49. The van der Waals surface area contributed by atoms with E-state index in [1.54, 1.807) is 0 Å². The summed E-state index contributed by atoms with van der Waals surface area (Å²) in [4.78, 5) is 0. The first-order chi connectivity index (χ1) is 24.3. The number of fused-ring (bicyclic) bond motifs is 2. The topological polar surface area (TPSA) is 92.2 Å². The van der Waals surface area contributed by atoms with Gasteiger partial charge in [0.05, 0.1) is 0 Å². The average molecular weight is 907 g/mol. The standard InChI is InChI=1S/2C18H15As.C7H8.ClHO4.Rh/c2*1-4-10-16(11-5-1)19(17-12-6-2-7-13-17)18-14-8-3-9-15-18;1-2-7-4-3-6(1)5-7;2-1(3,4)5;/h2*1-15H;1-4,6-7H,5H2;(H,2,3,4,5);/p-1. The first-order valence-electron chi connectivity index (χ1n) is 16.2. The Morgan fingerprint density at radius 3 is 0.608 bits per heavy atom. The molecule has 0 fully saturated rings. The minimum atomic E-state index is -4.94. The zero-order chi connectivity index (χ0) is 35.0. The van der Waals surface area contributed by atoms with E-state index in [-0.39, 0.29) is 19.5 Å². The molecule has 0 saturated heterocycles. The van der Waals surface area contributed by atoms with Crippen LogP contribution in [0.2, 0.25) is 0 Å². The van der Waals surface area contributed by atoms with Crippen LogP contribution in [-0.2, 0) is 19.5 Å². The Labute approximate surface area is 325 Å². The summed E-state index contributed by atoms with van der Waals surface area (Å²) in [5, 5.41) is 0. The molecular formula is C43H38As2ClO4Rh-. The molecule has 0 unspecified atom stereocenters. The summed E-state index contributed by atoms with van der Waals surface area (Å²) in [6.07, 6.45) is 10.5. The van der Waals surface area contributed by atoms with Crippen LogP contribution in [0, 0.1) is 22.1 Å². The van der Waals surface area contributed by atoms with Crippen LogP contribution < -0.4 is 44.7 Å². The monoisotopic (exact) mass is 906 g/mol. The van der Waals surface area contributed by atoms with E-state index in [2.05, 4.69) is 206 Å². The second-order valence-corrected chi connectivity index (χ2v) is 21.5. The number of hydrogen-bond donors (Lipinski definition) is 0. The Kier molecular flexibility index (Phi) is 16.9. The van der Waals surface area contributed by atoms with Crippen molar-refractivity contribution in [2.75, 3.05) is 0 Å². The van der Waals surface area contributed by atoms with Gasteiger partial charge >= 0.3 is 237 Å². The number of allylic oxidation sites excluding steroid dienone is 4. The summed E-state index contributed by atoms with van der Waals surface area (Å²) in [5.41, 5.74) is 0. The SMILES string of the molecule is C1=CC2C=CC1C2.[O-][Cl+3]([O-])([O-])[O-].[Rh].c1ccc([As](c2ccccc2)c2ccccc2)cc1.c1ccc([As](c2ccccc2)c2ccccc2)cc1. The van der Waals surface area contributed by atoms with Crippen molar-refractivity contribution in [1.29, 1.82) is 0 Å². The normalized spacial score (nSPS) is 15.0. The molecule has 2 aliphatic carbocycles. The summed E-state index contributed by atoms with van der Waals surface area (Å²) < 4.78 is 42.8. The van der Waals surface area contributed by atoms with Gasteiger partial charge in [0.2, 0.25) is 0 Å². The third kappa shape index (κ3) is 13.6. The molecule has 6 aromatic rings. The Bertz CT molecular complexity index is 1540. The fourth-order valence-electron chi connectivity index (χ4n) is 5.68. The molecule has 2 bridgehead atoms. The third-order valence-corrected chi connectivity index (χ3v) is 18.1. The van der Waals surface area contributed by atoms with Crippen molar-refractivity contribution >= 4 is 55.4 Å². The van der Waals surface area contributed by atoms with Crippen molar-refractivity contribution in [3.63, 3.8) is 0 Å². The second kappa shape index (κ2) is 21.3. The van der Waals surface area contributed by atoms with Crippen LogP contribution in [0.5, 0.6) is 0 Å². The molecule has 0 amide bonds. The van der Waals surface area contributed by atoms with Gasteiger partial charge in [-0.05, 0) is 18.3 Å². The van der Waals surface area contributed by atoms with E-state index in [0.717, 1.165) is 11.8 Å². The quantitative estimate of drug-likeness (QED) is 0.187. The van der Waals surface area contributed by atoms with E-state index < -0.39 is 39.5 Å². The average Bonchev–Trinajstić information content (AvgIpc) is 3.82. The Balaban J connectivity index is 0.000000171. The van der Waals surface area contributed by atoms with Gasteiger partial charge in [-0.2, -0.15) is 0 Å². The maximum absolute atomic E-state index is 8.49. The predicted molar refractivity (Wildman–Crippen MR) is 198 cm³/mol. The van der Waals surface area contributed by atoms with Crippen LogP contribution in [-0.4, -0.2) is 29.3 Å². The molecule has 0 saturated carbocycles. The van der Waals surface area contributed by atoms with E-state index in [1.807, 2.05) is 0 Å². The van der Waals surface area contributed by atoms with Gasteiger partial charge in [-0.15, -0.1) is 10.2 Å². The summed E-state index contributed by atoms with van der Waals surface area (Å²) in [6.45, 7) is 0. The Hall–Kier alpha value is -3.33. The zero-order valence-electron chi connectivity index (χ0n) is 27.7. The van der Waals surface area contributed by atoms with Gasteiger partial charge in [-0.1, -0.05) is 24.3 Å². The van der Waals surface area contributed by atoms with Crippen LogP contribution in [0.25, 0.3) is 0 Å². The fourth-order valence-corrected chi connectivity index (χ4v) is 15.4. The van der Waals surface area contributed by atoms with Crippen LogP contribution in [0.15, 0.2) is 206 Å². The van der Waals surface area contributed by atoms with Gasteiger partial charge in [-0.25, -0.2) is 18.6 Å². The molecule has 6 aromatic carbocycles. The van der Waals surface area contributed by atoms with Gasteiger partial charge in [0.25, 0.3) is 0 Å². The number of rotatable bonds is 6. The Morgan fingerprint density at radius 1 is 0.333 bits per heavy atom. The van der Waals surface area contributed by atoms with Crippen molar-refractivity contribution in [2.45, 2.75) is 6.42 Å². The van der Waals surface area contributed by atoms with E-state index in [9.17, 15) is 0 Å². The molecule has 261 valence electrons. The first kappa shape index (κ1) is 40.4. The van der Waals surface area contributed by atoms with Crippen molar-refractivity contribution in [3.05, 3.63) is 206 Å². The number of halogens is 1. The fraction of sp³-hybridized carbons (Fsp3) is 0.0698. The molecule has 0 heterocycles. The predicted octanol–water partition coefficient (Wildman–Crippen LogP) is 1.40. The molecule has 0 spiro atoms. The van der Waals surface area contributed by atoms with Crippen molar-refractivity contribution in [1.82, 2.24) is 0 Å². The van der Waals surface area contributed by atoms with Crippen molar-refractivity contribution in [2.24, 2.45) is 11.8 Å². The minimum absolute atomic E-state index is 0. The molecule has 0 atom stereocenters. The zero-order valence-corrected chi connectivity index (χ0v) is 33.9. The molecule has 4 nitrogen and oxygen atoms in total. The van der Waals surface area contributed by atoms with Crippen LogP contribution in [0.4, 0.5) is 0 Å². The van der Waals surface area contributed by atoms with Crippen molar-refractivity contribution < 1.29 is 48.4 Å². The molecular weight excluding hydrogens is 869 g/mol. The molecule has 0 N–H and O–H groups in total. The summed E-state index contributed by atoms with van der Waals surface area (Å²) in [5.74, 6) is 1.62. The van der Waals surface area contributed by atoms with Crippen molar-refractivity contribution in [3.8, 4) is 0 Å². The number of hydrogen-bond acceptors (Lipinski definition) is 4. The summed E-state index contributed by atoms with van der Waals surface area (Å²) in [7, 11) is -4.94. The summed E-state index contributed by atoms with van der Waals surface area (Å²) in [6, 6.07) is 65.4. The number of benzene rings is 6. The molecule has 8 heteroatoms. The van der Waals surface area contributed by atoms with Crippen LogP contribution in [0.3, 0.4) is 0 Å². The van der Waals surface area contributed by atoms with Crippen LogP contribution >= 0.6 is 0 Å². The van der Waals surface area contributed by atoms with Crippen LogP contribution in [0.1, 0.15) is 6.42 Å². The third-order valence-electron chi connectivity index (χ3n) is 7.84. The van der Waals surface area contributed by atoms with E-state index in [1.165, 1.54) is 32.5 Å². The molecule has 51 heavy (non-hydrogen) atoms. The second-order valence-electron chi connectivity index (χ2n) is 11.4. The summed E-state index contributed by atoms with van der Waals surface area (Å²) >= 11 is -2.78. The van der Waals surface area contributed by atoms with Gasteiger partial charge in [0, 0.05) is 19.5 Å². The van der Waals surface area contributed by atoms with Gasteiger partial charge in [0.1, 0.15) is 0 Å². The van der Waals surface area contributed by atoms with E-state index in [0.29, 0.717) is 0 Å². The molecule has 0 aliphatic heterocycles. The Morgan fingerprint density at radius 2 is 0.490 bits per heavy atom. The van der Waals surface area contributed by atoms with Gasteiger partial charge in [0.15, 0.2) is 0 Å².